The molecule has 3 rings (SSSR count). The minimum absolute atomic E-state index is 0.207. The van der Waals surface area contributed by atoms with Crippen molar-refractivity contribution in [2.45, 2.75) is 25.3 Å². The van der Waals surface area contributed by atoms with Crippen LogP contribution >= 0.6 is 11.6 Å². The highest BCUT2D eigenvalue weighted by Crippen LogP contribution is 2.34. The smallest absolute Gasteiger partial charge is 0.146 e. The molecule has 20 heavy (non-hydrogen) atoms. The van der Waals surface area contributed by atoms with Gasteiger partial charge in [0.05, 0.1) is 11.6 Å². The molecular weight excluding hydrogens is 270 g/mol. The third-order valence-electron chi connectivity index (χ3n) is 3.69. The Balaban J connectivity index is 1.92. The number of nitrogens with zero attached hydrogens (tertiary/aromatic N) is 2. The van der Waals surface area contributed by atoms with Gasteiger partial charge < -0.3 is 5.32 Å². The zero-order valence-electron chi connectivity index (χ0n) is 10.9. The third-order valence-corrected chi connectivity index (χ3v) is 4.07. The molecule has 0 aliphatic heterocycles. The summed E-state index contributed by atoms with van der Waals surface area (Å²) in [6.07, 6.45) is 4.92. The van der Waals surface area contributed by atoms with E-state index in [9.17, 15) is 0 Å². The second-order valence-electron chi connectivity index (χ2n) is 4.92. The minimum atomic E-state index is 0.207. The number of halogens is 1. The van der Waals surface area contributed by atoms with Gasteiger partial charge in [0.1, 0.15) is 16.9 Å². The lowest BCUT2D eigenvalue weighted by molar-refractivity contribution is 0.598. The van der Waals surface area contributed by atoms with Gasteiger partial charge in [-0.05, 0) is 36.5 Å². The Morgan fingerprint density at radius 1 is 1.30 bits per heavy atom. The van der Waals surface area contributed by atoms with E-state index in [1.165, 1.54) is 11.1 Å². The lowest BCUT2D eigenvalue weighted by atomic mass is 9.88. The molecule has 1 aliphatic rings. The summed E-state index contributed by atoms with van der Waals surface area (Å²) in [5.74, 6) is 0.590. The van der Waals surface area contributed by atoms with Gasteiger partial charge in [-0.1, -0.05) is 35.9 Å². The lowest BCUT2D eigenvalue weighted by Crippen LogP contribution is -2.18. The molecule has 0 radical (unpaired) electrons. The van der Waals surface area contributed by atoms with Gasteiger partial charge in [-0.25, -0.2) is 4.98 Å². The second kappa shape index (κ2) is 5.52. The molecule has 3 nitrogen and oxygen atoms in total. The van der Waals surface area contributed by atoms with Crippen LogP contribution in [0.1, 0.15) is 35.6 Å². The lowest BCUT2D eigenvalue weighted by Gasteiger charge is -2.27. The number of benzene rings is 1. The first kappa shape index (κ1) is 13.0. The van der Waals surface area contributed by atoms with Gasteiger partial charge in [0.2, 0.25) is 0 Å². The van der Waals surface area contributed by atoms with Crippen LogP contribution in [0, 0.1) is 11.3 Å². The van der Waals surface area contributed by atoms with Crippen molar-refractivity contribution in [3.8, 4) is 6.07 Å². The van der Waals surface area contributed by atoms with Crippen LogP contribution in [0.5, 0.6) is 0 Å². The fourth-order valence-corrected chi connectivity index (χ4v) is 2.91. The molecule has 1 aromatic heterocycles. The predicted octanol–water partition coefficient (Wildman–Crippen LogP) is 4.10. The first-order valence-electron chi connectivity index (χ1n) is 6.68. The number of rotatable bonds is 2. The molecule has 0 bridgehead atoms. The van der Waals surface area contributed by atoms with E-state index in [0.717, 1.165) is 19.3 Å². The van der Waals surface area contributed by atoms with Crippen LogP contribution in [0.3, 0.4) is 0 Å². The molecule has 0 saturated carbocycles. The summed E-state index contributed by atoms with van der Waals surface area (Å²) in [5.41, 5.74) is 3.14. The van der Waals surface area contributed by atoms with E-state index in [4.69, 9.17) is 16.9 Å². The quantitative estimate of drug-likeness (QED) is 0.903. The summed E-state index contributed by atoms with van der Waals surface area (Å²) in [7, 11) is 0. The Morgan fingerprint density at radius 3 is 3.00 bits per heavy atom. The number of nitrogens with one attached hydrogen (secondary N) is 1. The zero-order chi connectivity index (χ0) is 13.9. The molecule has 1 aromatic carbocycles. The molecule has 1 heterocycles. The summed E-state index contributed by atoms with van der Waals surface area (Å²) in [6.45, 7) is 0. The van der Waals surface area contributed by atoms with E-state index in [0.29, 0.717) is 16.4 Å². The summed E-state index contributed by atoms with van der Waals surface area (Å²) in [6, 6.07) is 12.4. The Hall–Kier alpha value is -2.05. The van der Waals surface area contributed by atoms with Crippen LogP contribution in [0.2, 0.25) is 5.02 Å². The molecule has 2 aromatic rings. The minimum Gasteiger partial charge on any atom is -0.362 e. The molecule has 0 spiro atoms. The van der Waals surface area contributed by atoms with Gasteiger partial charge in [0.25, 0.3) is 0 Å². The van der Waals surface area contributed by atoms with Crippen molar-refractivity contribution in [2.75, 3.05) is 5.32 Å². The largest absolute Gasteiger partial charge is 0.362 e. The maximum atomic E-state index is 9.02. The first-order valence-corrected chi connectivity index (χ1v) is 7.06. The Morgan fingerprint density at radius 2 is 2.15 bits per heavy atom. The molecule has 1 N–H and O–H groups in total. The van der Waals surface area contributed by atoms with Crippen molar-refractivity contribution in [1.82, 2.24) is 4.98 Å². The first-order chi connectivity index (χ1) is 9.79. The van der Waals surface area contributed by atoms with Crippen LogP contribution in [-0.4, -0.2) is 4.98 Å². The molecule has 0 saturated heterocycles. The zero-order valence-corrected chi connectivity index (χ0v) is 11.7. The maximum Gasteiger partial charge on any atom is 0.146 e. The average Bonchev–Trinajstić information content (AvgIpc) is 2.50. The topological polar surface area (TPSA) is 48.7 Å². The normalized spacial score (nSPS) is 17.1. The second-order valence-corrected chi connectivity index (χ2v) is 5.30. The van der Waals surface area contributed by atoms with E-state index in [-0.39, 0.29) is 6.04 Å². The van der Waals surface area contributed by atoms with Crippen LogP contribution in [0.4, 0.5) is 5.82 Å². The summed E-state index contributed by atoms with van der Waals surface area (Å²) in [4.78, 5) is 4.26. The van der Waals surface area contributed by atoms with Crippen molar-refractivity contribution >= 4 is 17.4 Å². The highest BCUT2D eigenvalue weighted by molar-refractivity contribution is 6.34. The van der Waals surface area contributed by atoms with Crippen LogP contribution in [0.25, 0.3) is 0 Å². The Kier molecular flexibility index (Phi) is 3.58. The molecule has 0 amide bonds. The highest BCUT2D eigenvalue weighted by Gasteiger charge is 2.21. The van der Waals surface area contributed by atoms with E-state index in [1.54, 1.807) is 12.3 Å². The number of nitriles is 1. The van der Waals surface area contributed by atoms with Gasteiger partial charge in [-0.15, -0.1) is 0 Å². The van der Waals surface area contributed by atoms with E-state index in [2.05, 4.69) is 40.6 Å². The van der Waals surface area contributed by atoms with Gasteiger partial charge in [-0.3, -0.25) is 0 Å². The molecule has 0 fully saturated rings. The predicted molar refractivity (Wildman–Crippen MR) is 79.7 cm³/mol. The SMILES string of the molecule is N#Cc1ccnc(NC2CCCc3ccccc32)c1Cl. The number of hydrogen-bond donors (Lipinski definition) is 1. The molecule has 1 atom stereocenters. The van der Waals surface area contributed by atoms with Gasteiger partial charge in [0.15, 0.2) is 0 Å². The highest BCUT2D eigenvalue weighted by atomic mass is 35.5. The number of fused-ring (bicyclic) bond motifs is 1. The van der Waals surface area contributed by atoms with Gasteiger partial charge in [-0.2, -0.15) is 5.26 Å². The van der Waals surface area contributed by atoms with E-state index < -0.39 is 0 Å². The molecule has 100 valence electrons. The number of aromatic nitrogens is 1. The van der Waals surface area contributed by atoms with Crippen molar-refractivity contribution in [2.24, 2.45) is 0 Å². The Labute approximate surface area is 123 Å². The molecule has 1 aliphatic carbocycles. The maximum absolute atomic E-state index is 9.02. The van der Waals surface area contributed by atoms with Crippen molar-refractivity contribution in [3.05, 3.63) is 58.2 Å². The number of anilines is 1. The van der Waals surface area contributed by atoms with Crippen LogP contribution < -0.4 is 5.32 Å². The molecule has 4 heteroatoms. The number of hydrogen-bond acceptors (Lipinski definition) is 3. The van der Waals surface area contributed by atoms with Crippen LogP contribution in [0.15, 0.2) is 36.5 Å². The summed E-state index contributed by atoms with van der Waals surface area (Å²) < 4.78 is 0. The average molecular weight is 284 g/mol. The standard InChI is InChI=1S/C16H14ClN3/c17-15-12(10-18)8-9-19-16(15)20-14-7-3-5-11-4-1-2-6-13(11)14/h1-2,4,6,8-9,14H,3,5,7H2,(H,19,20). The molecular formula is C16H14ClN3. The van der Waals surface area contributed by atoms with Gasteiger partial charge in [0, 0.05) is 6.20 Å². The fourth-order valence-electron chi connectivity index (χ4n) is 2.70. The summed E-state index contributed by atoms with van der Waals surface area (Å²) in [5, 5.41) is 12.8. The number of pyridine rings is 1. The summed E-state index contributed by atoms with van der Waals surface area (Å²) >= 11 is 6.21. The number of aryl methyl sites for hydroxylation is 1. The fraction of sp³-hybridized carbons (Fsp3) is 0.250. The molecule has 1 unspecified atom stereocenters. The van der Waals surface area contributed by atoms with Gasteiger partial charge >= 0.3 is 0 Å². The third kappa shape index (κ3) is 2.35. The monoisotopic (exact) mass is 283 g/mol. The van der Waals surface area contributed by atoms with Crippen LogP contribution in [-0.2, 0) is 6.42 Å². The van der Waals surface area contributed by atoms with Crippen molar-refractivity contribution in [3.63, 3.8) is 0 Å². The van der Waals surface area contributed by atoms with Crippen molar-refractivity contribution in [1.29, 1.82) is 5.26 Å². The Bertz CT molecular complexity index is 676. The van der Waals surface area contributed by atoms with E-state index in [1.807, 2.05) is 0 Å². The van der Waals surface area contributed by atoms with Crippen molar-refractivity contribution < 1.29 is 0 Å². The van der Waals surface area contributed by atoms with E-state index >= 15 is 0 Å².